The molecule has 2 aromatic rings. The number of phosphoric ester groups is 1. The van der Waals surface area contributed by atoms with Gasteiger partial charge in [-0.05, 0) is 13.3 Å². The van der Waals surface area contributed by atoms with Crippen molar-refractivity contribution >= 4 is 46.2 Å². The number of hydrogen-bond acceptors (Lipinski definition) is 12. The lowest BCUT2D eigenvalue weighted by molar-refractivity contribution is -0.0511. The van der Waals surface area contributed by atoms with E-state index >= 15 is 0 Å². The van der Waals surface area contributed by atoms with Gasteiger partial charge >= 0.3 is 23.5 Å². The number of amides is 1. The summed E-state index contributed by atoms with van der Waals surface area (Å²) in [5.41, 5.74) is 11.8. The third kappa shape index (κ3) is 6.95. The number of aromatic nitrogens is 3. The fourth-order valence-electron chi connectivity index (χ4n) is 3.63. The van der Waals surface area contributed by atoms with Gasteiger partial charge in [0.1, 0.15) is 23.4 Å². The highest BCUT2D eigenvalue weighted by molar-refractivity contribution is 7.66. The number of ether oxygens (including phenoxy) is 2. The molecule has 1 aliphatic heterocycles. The van der Waals surface area contributed by atoms with Gasteiger partial charge in [0.05, 0.1) is 23.7 Å². The molecule has 0 aliphatic carbocycles. The zero-order valence-corrected chi connectivity index (χ0v) is 21.4. The molecule has 3 heterocycles. The third-order valence-electron chi connectivity index (χ3n) is 4.91. The molecule has 0 spiro atoms. The molecule has 3 rings (SSSR count). The fourth-order valence-corrected chi connectivity index (χ4v) is 6.66. The highest BCUT2D eigenvalue weighted by atomic mass is 31.3. The first-order valence-corrected chi connectivity index (χ1v) is 14.4. The Bertz CT molecular complexity index is 1300. The van der Waals surface area contributed by atoms with Crippen LogP contribution in [0.4, 0.5) is 5.82 Å². The lowest BCUT2D eigenvalue weighted by atomic mass is 10.1. The van der Waals surface area contributed by atoms with Crippen LogP contribution in [0.25, 0.3) is 11.0 Å². The van der Waals surface area contributed by atoms with Crippen LogP contribution in [0.3, 0.4) is 0 Å². The summed E-state index contributed by atoms with van der Waals surface area (Å²) >= 11 is 0. The number of methoxy groups -OCH3 is 1. The molecule has 0 saturated carbocycles. The van der Waals surface area contributed by atoms with Gasteiger partial charge in [0, 0.05) is 19.7 Å². The third-order valence-corrected chi connectivity index (χ3v) is 8.75. The molecule has 2 unspecified atom stereocenters. The van der Waals surface area contributed by atoms with E-state index in [1.165, 1.54) is 17.9 Å². The molecule has 0 radical (unpaired) electrons. The normalized spacial score (nSPS) is 24.0. The highest BCUT2D eigenvalue weighted by Gasteiger charge is 2.42. The first-order chi connectivity index (χ1) is 16.5. The second-order valence-electron chi connectivity index (χ2n) is 7.54. The van der Waals surface area contributed by atoms with Crippen molar-refractivity contribution in [3.63, 3.8) is 0 Å². The van der Waals surface area contributed by atoms with Gasteiger partial charge < -0.3 is 45.1 Å². The van der Waals surface area contributed by atoms with Crippen molar-refractivity contribution in [3.8, 4) is 0 Å². The largest absolute Gasteiger partial charge is 0.490 e. The Morgan fingerprint density at radius 1 is 1.19 bits per heavy atom. The molecular formula is C15H24N5O13P3. The molecule has 0 bridgehead atoms. The maximum atomic E-state index is 12.0. The van der Waals surface area contributed by atoms with Crippen LogP contribution >= 0.6 is 23.5 Å². The fraction of sp³-hybridized carbons (Fsp3) is 0.533. The summed E-state index contributed by atoms with van der Waals surface area (Å²) in [6, 6.07) is 0. The number of hydrogen-bond donors (Lipinski definition) is 6. The monoisotopic (exact) mass is 575 g/mol. The molecule has 21 heteroatoms. The summed E-state index contributed by atoms with van der Waals surface area (Å²) in [6.07, 6.45) is -0.418. The molecule has 1 amide bonds. The van der Waals surface area contributed by atoms with E-state index < -0.39 is 54.4 Å². The predicted octanol–water partition coefficient (Wildman–Crippen LogP) is 0.457. The standard InChI is InChI=1S/C15H24N5O13P3/c1-7-18-12(16)11-9(13(17)21)6-20(14(11)19-7)15-10(29-2)5-8(31-15)3-4-30-35(25,26)33-36(27,28)32-34(22,23)24/h6,8,10,15H,3-5H2,1-2H3,(H2,17,21)(H,25,26)(H,27,28)(H2,16,18,19)(H2,22,23,24)/t8-,10-,15-/m1/s1. The first-order valence-electron chi connectivity index (χ1n) is 9.93. The van der Waals surface area contributed by atoms with E-state index in [1.807, 2.05) is 0 Å². The van der Waals surface area contributed by atoms with Crippen LogP contribution in [-0.4, -0.2) is 65.9 Å². The van der Waals surface area contributed by atoms with Crippen molar-refractivity contribution in [2.75, 3.05) is 19.5 Å². The topological polar surface area (TPSA) is 278 Å². The van der Waals surface area contributed by atoms with E-state index in [2.05, 4.69) is 23.1 Å². The van der Waals surface area contributed by atoms with Gasteiger partial charge in [-0.2, -0.15) is 8.62 Å². The number of phosphoric acid groups is 3. The number of nitrogen functional groups attached to an aromatic ring is 1. The molecule has 18 nitrogen and oxygen atoms in total. The molecule has 0 aromatic carbocycles. The van der Waals surface area contributed by atoms with Gasteiger partial charge in [-0.25, -0.2) is 23.7 Å². The van der Waals surface area contributed by atoms with Crippen molar-refractivity contribution < 1.29 is 60.7 Å². The quantitative estimate of drug-likeness (QED) is 0.198. The number of rotatable bonds is 11. The summed E-state index contributed by atoms with van der Waals surface area (Å²) < 4.78 is 58.8. The summed E-state index contributed by atoms with van der Waals surface area (Å²) in [4.78, 5) is 56.2. The summed E-state index contributed by atoms with van der Waals surface area (Å²) in [5, 5.41) is 0.239. The molecule has 5 atom stereocenters. The molecule has 1 aliphatic rings. The van der Waals surface area contributed by atoms with Crippen LogP contribution in [-0.2, 0) is 36.3 Å². The van der Waals surface area contributed by atoms with Crippen LogP contribution in [0.15, 0.2) is 6.20 Å². The van der Waals surface area contributed by atoms with Crippen LogP contribution in [0.2, 0.25) is 0 Å². The smallest absolute Gasteiger partial charge is 0.383 e. The van der Waals surface area contributed by atoms with Gasteiger partial charge in [-0.3, -0.25) is 9.32 Å². The second-order valence-corrected chi connectivity index (χ2v) is 12.0. The van der Waals surface area contributed by atoms with E-state index in [4.69, 9.17) is 30.7 Å². The SMILES string of the molecule is CO[C@@H]1C[C@@H](CCOP(=O)(O)OP(=O)(O)OP(=O)(O)O)O[C@H]1n1cc(C(N)=O)c2c(N)nc(C)nc21. The van der Waals surface area contributed by atoms with Gasteiger partial charge in [-0.15, -0.1) is 0 Å². The number of carbonyl (C=O) groups is 1. The zero-order valence-electron chi connectivity index (χ0n) is 18.7. The molecule has 202 valence electrons. The number of anilines is 1. The minimum atomic E-state index is -5.62. The maximum absolute atomic E-state index is 12.0. The van der Waals surface area contributed by atoms with Crippen molar-refractivity contribution in [2.24, 2.45) is 5.73 Å². The van der Waals surface area contributed by atoms with Gasteiger partial charge in [0.15, 0.2) is 6.23 Å². The molecule has 1 fully saturated rings. The summed E-state index contributed by atoms with van der Waals surface area (Å²) in [7, 11) is -15.0. The highest BCUT2D eigenvalue weighted by Crippen LogP contribution is 2.66. The Balaban J connectivity index is 1.72. The lowest BCUT2D eigenvalue weighted by Gasteiger charge is -2.20. The van der Waals surface area contributed by atoms with Crippen molar-refractivity contribution in [2.45, 2.75) is 38.2 Å². The van der Waals surface area contributed by atoms with Crippen molar-refractivity contribution in [1.29, 1.82) is 0 Å². The minimum absolute atomic E-state index is 0.0443. The Hall–Kier alpha value is -1.78. The molecule has 1 saturated heterocycles. The van der Waals surface area contributed by atoms with Crippen LogP contribution in [0.1, 0.15) is 35.3 Å². The molecule has 36 heavy (non-hydrogen) atoms. The molecule has 2 aromatic heterocycles. The first kappa shape index (κ1) is 28.8. The summed E-state index contributed by atoms with van der Waals surface area (Å²) in [6.45, 7) is 1.07. The van der Waals surface area contributed by atoms with E-state index in [-0.39, 0.29) is 35.3 Å². The predicted molar refractivity (Wildman–Crippen MR) is 119 cm³/mol. The minimum Gasteiger partial charge on any atom is -0.383 e. The maximum Gasteiger partial charge on any atom is 0.490 e. The average Bonchev–Trinajstić information content (AvgIpc) is 3.26. The average molecular weight is 575 g/mol. The Morgan fingerprint density at radius 3 is 2.44 bits per heavy atom. The number of fused-ring (bicyclic) bond motifs is 1. The van der Waals surface area contributed by atoms with E-state index in [9.17, 15) is 28.3 Å². The van der Waals surface area contributed by atoms with E-state index in [0.29, 0.717) is 5.82 Å². The summed E-state index contributed by atoms with van der Waals surface area (Å²) in [5.74, 6) is -0.392. The number of aryl methyl sites for hydroxylation is 1. The number of carbonyl (C=O) groups excluding carboxylic acids is 1. The molecular weight excluding hydrogens is 551 g/mol. The Kier molecular flexibility index (Phi) is 8.42. The Labute approximate surface area is 202 Å². The van der Waals surface area contributed by atoms with E-state index in [0.717, 1.165) is 0 Å². The van der Waals surface area contributed by atoms with Crippen molar-refractivity contribution in [3.05, 3.63) is 17.6 Å². The lowest BCUT2D eigenvalue weighted by Crippen LogP contribution is -2.21. The zero-order chi connectivity index (χ0) is 27.1. The number of primary amides is 1. The van der Waals surface area contributed by atoms with Gasteiger partial charge in [0.2, 0.25) is 0 Å². The number of nitrogens with two attached hydrogens (primary N) is 2. The van der Waals surface area contributed by atoms with Gasteiger partial charge in [0.25, 0.3) is 5.91 Å². The van der Waals surface area contributed by atoms with Crippen LogP contribution in [0, 0.1) is 6.92 Å². The molecule has 8 N–H and O–H groups in total. The van der Waals surface area contributed by atoms with Crippen LogP contribution < -0.4 is 11.5 Å². The van der Waals surface area contributed by atoms with Crippen molar-refractivity contribution in [1.82, 2.24) is 14.5 Å². The second kappa shape index (κ2) is 10.5. The van der Waals surface area contributed by atoms with Gasteiger partial charge in [-0.1, -0.05) is 0 Å². The number of nitrogens with zero attached hydrogens (tertiary/aromatic N) is 3. The van der Waals surface area contributed by atoms with E-state index in [1.54, 1.807) is 6.92 Å². The Morgan fingerprint density at radius 2 is 1.86 bits per heavy atom. The van der Waals surface area contributed by atoms with Crippen LogP contribution in [0.5, 0.6) is 0 Å².